The molecule has 0 saturated carbocycles. The van der Waals surface area contributed by atoms with Gasteiger partial charge in [0.05, 0.1) is 6.54 Å². The zero-order valence-corrected chi connectivity index (χ0v) is 15.6. The smallest absolute Gasteiger partial charge is 0.278 e. The third kappa shape index (κ3) is 4.52. The first-order valence-corrected chi connectivity index (χ1v) is 8.96. The summed E-state index contributed by atoms with van der Waals surface area (Å²) in [6.45, 7) is 0.411. The van der Waals surface area contributed by atoms with Gasteiger partial charge in [-0.2, -0.15) is 10.1 Å². The quantitative estimate of drug-likeness (QED) is 0.467. The lowest BCUT2D eigenvalue weighted by Crippen LogP contribution is -2.28. The van der Waals surface area contributed by atoms with E-state index in [4.69, 9.17) is 4.74 Å². The molecule has 4 rings (SSSR count). The van der Waals surface area contributed by atoms with Crippen LogP contribution in [0.1, 0.15) is 10.5 Å². The minimum Gasteiger partial charge on any atom is -0.492 e. The van der Waals surface area contributed by atoms with Gasteiger partial charge in [-0.15, -0.1) is 5.10 Å². The second-order valence-electron chi connectivity index (χ2n) is 5.98. The summed E-state index contributed by atoms with van der Waals surface area (Å²) in [7, 11) is 0. The minimum absolute atomic E-state index is 0.0365. The van der Waals surface area contributed by atoms with Crippen LogP contribution in [0.15, 0.2) is 65.7 Å². The van der Waals surface area contributed by atoms with Crippen molar-refractivity contribution in [1.29, 1.82) is 0 Å². The van der Waals surface area contributed by atoms with E-state index in [2.05, 4.69) is 35.6 Å². The van der Waals surface area contributed by atoms with Crippen LogP contribution in [0, 0.1) is 0 Å². The van der Waals surface area contributed by atoms with E-state index in [9.17, 15) is 9.59 Å². The van der Waals surface area contributed by atoms with E-state index in [0.717, 1.165) is 0 Å². The fraction of sp³-hybridized carbons (Fsp3) is 0.105. The molecule has 3 aromatic heterocycles. The Hall–Kier alpha value is -4.41. The number of nitrogens with one attached hydrogen (secondary N) is 2. The average Bonchev–Trinajstić information content (AvgIpc) is 3.25. The molecular formula is C19H16N8O3. The number of H-pyrrole nitrogens is 1. The van der Waals surface area contributed by atoms with Gasteiger partial charge >= 0.3 is 0 Å². The van der Waals surface area contributed by atoms with Gasteiger partial charge in [0.2, 0.25) is 5.95 Å². The Kier molecular flexibility index (Phi) is 5.51. The Balaban J connectivity index is 1.41. The SMILES string of the molecule is O=C(Nc1n[nH]c(-c2ncccn2)n1)c1ccc(=O)n(CCOc2ccccc2)n1. The van der Waals surface area contributed by atoms with Crippen LogP contribution in [0.25, 0.3) is 11.6 Å². The van der Waals surface area contributed by atoms with Crippen molar-refractivity contribution in [2.45, 2.75) is 6.54 Å². The number of carbonyl (C=O) groups excluding carboxylic acids is 1. The zero-order valence-electron chi connectivity index (χ0n) is 15.6. The zero-order chi connectivity index (χ0) is 20.8. The number of ether oxygens (including phenoxy) is 1. The van der Waals surface area contributed by atoms with Crippen molar-refractivity contribution in [2.24, 2.45) is 0 Å². The fourth-order valence-electron chi connectivity index (χ4n) is 2.50. The molecule has 1 amide bonds. The van der Waals surface area contributed by atoms with Gasteiger partial charge in [0.15, 0.2) is 11.6 Å². The lowest BCUT2D eigenvalue weighted by molar-refractivity contribution is 0.101. The number of amides is 1. The van der Waals surface area contributed by atoms with Gasteiger partial charge in [-0.1, -0.05) is 18.2 Å². The van der Waals surface area contributed by atoms with Crippen LogP contribution in [-0.2, 0) is 6.54 Å². The molecule has 0 spiro atoms. The van der Waals surface area contributed by atoms with Gasteiger partial charge in [0.1, 0.15) is 18.1 Å². The van der Waals surface area contributed by atoms with Crippen molar-refractivity contribution in [3.8, 4) is 17.4 Å². The molecule has 30 heavy (non-hydrogen) atoms. The summed E-state index contributed by atoms with van der Waals surface area (Å²) in [4.78, 5) is 36.7. The molecule has 2 N–H and O–H groups in total. The first-order chi connectivity index (χ1) is 14.7. The first kappa shape index (κ1) is 18.9. The summed E-state index contributed by atoms with van der Waals surface area (Å²) in [5.74, 6) is 0.807. The maximum absolute atomic E-state index is 12.5. The molecule has 0 aliphatic carbocycles. The Morgan fingerprint density at radius 2 is 1.87 bits per heavy atom. The van der Waals surface area contributed by atoms with Crippen molar-refractivity contribution in [3.05, 3.63) is 77.0 Å². The van der Waals surface area contributed by atoms with Crippen LogP contribution in [0.2, 0.25) is 0 Å². The maximum atomic E-state index is 12.5. The number of aromatic amines is 1. The topological polar surface area (TPSA) is 141 Å². The lowest BCUT2D eigenvalue weighted by atomic mass is 10.3. The molecule has 3 heterocycles. The first-order valence-electron chi connectivity index (χ1n) is 8.96. The number of rotatable bonds is 7. The van der Waals surface area contributed by atoms with Gasteiger partial charge in [-0.25, -0.2) is 14.6 Å². The van der Waals surface area contributed by atoms with E-state index in [1.165, 1.54) is 16.8 Å². The van der Waals surface area contributed by atoms with Crippen LogP contribution in [0.3, 0.4) is 0 Å². The molecule has 0 unspecified atom stereocenters. The summed E-state index contributed by atoms with van der Waals surface area (Å²) < 4.78 is 6.74. The molecule has 1 aromatic carbocycles. The Labute approximate surface area is 169 Å². The van der Waals surface area contributed by atoms with Crippen LogP contribution < -0.4 is 15.6 Å². The van der Waals surface area contributed by atoms with Crippen LogP contribution >= 0.6 is 0 Å². The molecule has 0 atom stereocenters. The number of hydrogen-bond acceptors (Lipinski definition) is 8. The number of hydrogen-bond donors (Lipinski definition) is 2. The summed E-state index contributed by atoms with van der Waals surface area (Å²) >= 11 is 0. The monoisotopic (exact) mass is 404 g/mol. The van der Waals surface area contributed by atoms with Crippen molar-refractivity contribution in [1.82, 2.24) is 34.9 Å². The summed E-state index contributed by atoms with van der Waals surface area (Å²) in [6.07, 6.45) is 3.13. The van der Waals surface area contributed by atoms with Gasteiger partial charge in [-0.05, 0) is 24.3 Å². The second kappa shape index (κ2) is 8.73. The summed E-state index contributed by atoms with van der Waals surface area (Å²) in [5.41, 5.74) is -0.304. The lowest BCUT2D eigenvalue weighted by Gasteiger charge is -2.08. The number of nitrogens with zero attached hydrogens (tertiary/aromatic N) is 6. The van der Waals surface area contributed by atoms with E-state index in [1.807, 2.05) is 30.3 Å². The van der Waals surface area contributed by atoms with Crippen LogP contribution in [0.5, 0.6) is 5.75 Å². The van der Waals surface area contributed by atoms with Crippen molar-refractivity contribution in [2.75, 3.05) is 11.9 Å². The molecule has 4 aromatic rings. The molecule has 0 bridgehead atoms. The largest absolute Gasteiger partial charge is 0.492 e. The summed E-state index contributed by atoms with van der Waals surface area (Å²) in [5, 5.41) is 13.2. The molecule has 0 aliphatic heterocycles. The van der Waals surface area contributed by atoms with Gasteiger partial charge in [-0.3, -0.25) is 20.0 Å². The predicted molar refractivity (Wildman–Crippen MR) is 106 cm³/mol. The Morgan fingerprint density at radius 1 is 1.07 bits per heavy atom. The Morgan fingerprint density at radius 3 is 2.67 bits per heavy atom. The number of benzene rings is 1. The fourth-order valence-corrected chi connectivity index (χ4v) is 2.50. The molecule has 150 valence electrons. The highest BCUT2D eigenvalue weighted by Gasteiger charge is 2.14. The highest BCUT2D eigenvalue weighted by molar-refractivity contribution is 6.01. The number of carbonyl (C=O) groups is 1. The minimum atomic E-state index is -0.563. The molecule has 11 heteroatoms. The van der Waals surface area contributed by atoms with E-state index in [0.29, 0.717) is 17.4 Å². The molecule has 0 aliphatic rings. The highest BCUT2D eigenvalue weighted by atomic mass is 16.5. The third-order valence-electron chi connectivity index (χ3n) is 3.90. The number of anilines is 1. The van der Waals surface area contributed by atoms with E-state index >= 15 is 0 Å². The van der Waals surface area contributed by atoms with Crippen LogP contribution in [0.4, 0.5) is 5.95 Å². The van der Waals surface area contributed by atoms with Crippen molar-refractivity contribution in [3.63, 3.8) is 0 Å². The standard InChI is InChI=1S/C19H16N8O3/c28-15-8-7-14(26-27(15)11-12-30-13-5-2-1-3-6-13)18(29)23-19-22-17(24-25-19)16-20-9-4-10-21-16/h1-10H,11-12H2,(H2,22,23,24,25,29). The molecule has 0 radical (unpaired) electrons. The van der Waals surface area contributed by atoms with Gasteiger partial charge in [0, 0.05) is 18.5 Å². The van der Waals surface area contributed by atoms with Gasteiger partial charge in [0.25, 0.3) is 11.5 Å². The van der Waals surface area contributed by atoms with Crippen molar-refractivity contribution < 1.29 is 9.53 Å². The normalized spacial score (nSPS) is 10.5. The Bertz CT molecular complexity index is 1190. The van der Waals surface area contributed by atoms with E-state index in [-0.39, 0.29) is 30.4 Å². The second-order valence-corrected chi connectivity index (χ2v) is 5.98. The highest BCUT2D eigenvalue weighted by Crippen LogP contribution is 2.10. The average molecular weight is 404 g/mol. The molecule has 0 saturated heterocycles. The van der Waals surface area contributed by atoms with E-state index < -0.39 is 5.91 Å². The number of para-hydroxylation sites is 1. The molecule has 11 nitrogen and oxygen atoms in total. The van der Waals surface area contributed by atoms with Crippen LogP contribution in [-0.4, -0.2) is 47.4 Å². The van der Waals surface area contributed by atoms with Gasteiger partial charge < -0.3 is 4.74 Å². The molecular weight excluding hydrogens is 388 g/mol. The van der Waals surface area contributed by atoms with Crippen molar-refractivity contribution >= 4 is 11.9 Å². The predicted octanol–water partition coefficient (Wildman–Crippen LogP) is 1.15. The maximum Gasteiger partial charge on any atom is 0.278 e. The third-order valence-corrected chi connectivity index (χ3v) is 3.90. The van der Waals surface area contributed by atoms with E-state index in [1.54, 1.807) is 18.5 Å². The summed E-state index contributed by atoms with van der Waals surface area (Å²) in [6, 6.07) is 13.5. The molecule has 0 fully saturated rings. The number of aromatic nitrogens is 7.